The Morgan fingerprint density at radius 3 is 3.04 bits per heavy atom. The lowest BCUT2D eigenvalue weighted by atomic mass is 10.3. The Labute approximate surface area is 144 Å². The zero-order chi connectivity index (χ0) is 16.9. The van der Waals surface area contributed by atoms with Crippen molar-refractivity contribution in [2.45, 2.75) is 12.8 Å². The molecule has 0 aromatic carbocycles. The number of methoxy groups -OCH3 is 1. The first-order chi connectivity index (χ1) is 11.7. The molecule has 0 radical (unpaired) electrons. The lowest BCUT2D eigenvalue weighted by molar-refractivity contribution is -0.116. The summed E-state index contributed by atoms with van der Waals surface area (Å²) in [7, 11) is 1.29. The van der Waals surface area contributed by atoms with Crippen LogP contribution in [-0.4, -0.2) is 34.1 Å². The van der Waals surface area contributed by atoms with Gasteiger partial charge in [0.15, 0.2) is 5.13 Å². The van der Waals surface area contributed by atoms with Crippen LogP contribution in [0.15, 0.2) is 27.5 Å². The summed E-state index contributed by atoms with van der Waals surface area (Å²) in [6.45, 7) is 0. The first kappa shape index (κ1) is 16.3. The molecule has 8 nitrogen and oxygen atoms in total. The van der Waals surface area contributed by atoms with Crippen LogP contribution >= 0.6 is 22.7 Å². The number of rotatable bonds is 6. The van der Waals surface area contributed by atoms with Crippen molar-refractivity contribution in [3.8, 4) is 11.4 Å². The van der Waals surface area contributed by atoms with Crippen LogP contribution in [-0.2, 0) is 16.0 Å². The van der Waals surface area contributed by atoms with Crippen LogP contribution in [0.2, 0.25) is 0 Å². The van der Waals surface area contributed by atoms with Gasteiger partial charge in [0.25, 0.3) is 0 Å². The highest BCUT2D eigenvalue weighted by atomic mass is 32.1. The molecule has 0 saturated carbocycles. The average molecular weight is 364 g/mol. The van der Waals surface area contributed by atoms with Crippen LogP contribution in [0, 0.1) is 0 Å². The van der Waals surface area contributed by atoms with Crippen LogP contribution in [0.25, 0.3) is 11.4 Å². The maximum atomic E-state index is 11.9. The monoisotopic (exact) mass is 364 g/mol. The summed E-state index contributed by atoms with van der Waals surface area (Å²) < 4.78 is 9.71. The molecule has 24 heavy (non-hydrogen) atoms. The van der Waals surface area contributed by atoms with E-state index >= 15 is 0 Å². The second-order valence-corrected chi connectivity index (χ2v) is 6.40. The lowest BCUT2D eigenvalue weighted by Gasteiger charge is -1.98. The molecule has 3 rings (SSSR count). The fourth-order valence-corrected chi connectivity index (χ4v) is 3.18. The molecular weight excluding hydrogens is 352 g/mol. The molecule has 10 heteroatoms. The Hall–Kier alpha value is -2.59. The Balaban J connectivity index is 1.52. The van der Waals surface area contributed by atoms with Gasteiger partial charge in [-0.1, -0.05) is 16.5 Å². The van der Waals surface area contributed by atoms with Crippen molar-refractivity contribution in [2.75, 3.05) is 12.4 Å². The third-order valence-corrected chi connectivity index (χ3v) is 4.53. The lowest BCUT2D eigenvalue weighted by Crippen LogP contribution is -2.12. The molecule has 3 aromatic heterocycles. The molecule has 124 valence electrons. The summed E-state index contributed by atoms with van der Waals surface area (Å²) >= 11 is 2.59. The number of thiophene rings is 1. The van der Waals surface area contributed by atoms with E-state index in [9.17, 15) is 9.59 Å². The van der Waals surface area contributed by atoms with Gasteiger partial charge in [-0.3, -0.25) is 4.79 Å². The number of anilines is 1. The summed E-state index contributed by atoms with van der Waals surface area (Å²) in [6, 6.07) is 1.90. The summed E-state index contributed by atoms with van der Waals surface area (Å²) in [5.74, 6) is 0.158. The summed E-state index contributed by atoms with van der Waals surface area (Å²) in [5, 5.41) is 10.7. The molecule has 0 aliphatic carbocycles. The van der Waals surface area contributed by atoms with E-state index in [-0.39, 0.29) is 12.3 Å². The molecule has 0 saturated heterocycles. The minimum absolute atomic E-state index is 0.165. The number of thiazole rings is 1. The van der Waals surface area contributed by atoms with Crippen LogP contribution < -0.4 is 5.32 Å². The molecular formula is C14H12N4O4S2. The second kappa shape index (κ2) is 7.32. The first-order valence-electron chi connectivity index (χ1n) is 6.85. The van der Waals surface area contributed by atoms with E-state index in [2.05, 4.69) is 25.2 Å². The standard InChI is InChI=1S/C14H12N4O4S2/c1-21-13(20)9-6-15-14(24-9)16-10(19)2-3-11-17-12(18-22-11)8-4-5-23-7-8/h4-7H,2-3H2,1H3,(H,15,16,19). The largest absolute Gasteiger partial charge is 0.465 e. The first-order valence-corrected chi connectivity index (χ1v) is 8.61. The molecule has 1 amide bonds. The number of nitrogens with zero attached hydrogens (tertiary/aromatic N) is 3. The van der Waals surface area contributed by atoms with E-state index in [1.807, 2.05) is 16.8 Å². The number of ether oxygens (including phenoxy) is 1. The highest BCUT2D eigenvalue weighted by Crippen LogP contribution is 2.20. The number of carbonyl (C=O) groups excluding carboxylic acids is 2. The number of hydrogen-bond acceptors (Lipinski definition) is 9. The molecule has 0 unspecified atom stereocenters. The van der Waals surface area contributed by atoms with E-state index in [0.29, 0.717) is 28.1 Å². The van der Waals surface area contributed by atoms with Crippen molar-refractivity contribution in [3.63, 3.8) is 0 Å². The minimum Gasteiger partial charge on any atom is -0.465 e. The maximum Gasteiger partial charge on any atom is 0.349 e. The van der Waals surface area contributed by atoms with Crippen molar-refractivity contribution < 1.29 is 18.8 Å². The molecule has 3 heterocycles. The van der Waals surface area contributed by atoms with E-state index in [1.54, 1.807) is 11.3 Å². The number of nitrogens with one attached hydrogen (secondary N) is 1. The van der Waals surface area contributed by atoms with Gasteiger partial charge in [-0.2, -0.15) is 16.3 Å². The van der Waals surface area contributed by atoms with Gasteiger partial charge in [-0.15, -0.1) is 0 Å². The number of hydrogen-bond donors (Lipinski definition) is 1. The molecule has 0 fully saturated rings. The second-order valence-electron chi connectivity index (χ2n) is 4.59. The van der Waals surface area contributed by atoms with Crippen LogP contribution in [0.5, 0.6) is 0 Å². The fraction of sp³-hybridized carbons (Fsp3) is 0.214. The molecule has 0 aliphatic heterocycles. The third kappa shape index (κ3) is 3.84. The van der Waals surface area contributed by atoms with Gasteiger partial charge in [0.05, 0.1) is 13.3 Å². The Morgan fingerprint density at radius 1 is 1.42 bits per heavy atom. The average Bonchev–Trinajstić information content (AvgIpc) is 3.32. The van der Waals surface area contributed by atoms with E-state index < -0.39 is 5.97 Å². The van der Waals surface area contributed by atoms with Crippen molar-refractivity contribution in [3.05, 3.63) is 33.8 Å². The minimum atomic E-state index is -0.486. The van der Waals surface area contributed by atoms with Crippen molar-refractivity contribution in [2.24, 2.45) is 0 Å². The molecule has 1 N–H and O–H groups in total. The van der Waals surface area contributed by atoms with Gasteiger partial charge in [-0.25, -0.2) is 9.78 Å². The molecule has 0 bridgehead atoms. The molecule has 0 spiro atoms. The Bertz CT molecular complexity index is 841. The SMILES string of the molecule is COC(=O)c1cnc(NC(=O)CCc2nc(-c3ccsc3)no2)s1. The van der Waals surface area contributed by atoms with Crippen molar-refractivity contribution >= 4 is 39.7 Å². The number of aromatic nitrogens is 3. The number of amides is 1. The van der Waals surface area contributed by atoms with Gasteiger partial charge in [-0.05, 0) is 11.4 Å². The number of carbonyl (C=O) groups is 2. The zero-order valence-corrected chi connectivity index (χ0v) is 14.1. The van der Waals surface area contributed by atoms with E-state index in [1.165, 1.54) is 13.3 Å². The van der Waals surface area contributed by atoms with E-state index in [4.69, 9.17) is 4.52 Å². The van der Waals surface area contributed by atoms with Gasteiger partial charge in [0, 0.05) is 23.8 Å². The van der Waals surface area contributed by atoms with Crippen LogP contribution in [0.3, 0.4) is 0 Å². The van der Waals surface area contributed by atoms with Gasteiger partial charge in [0.2, 0.25) is 17.6 Å². The summed E-state index contributed by atoms with van der Waals surface area (Å²) in [6.07, 6.45) is 1.84. The highest BCUT2D eigenvalue weighted by Gasteiger charge is 2.14. The molecule has 0 aliphatic rings. The van der Waals surface area contributed by atoms with Crippen molar-refractivity contribution in [1.82, 2.24) is 15.1 Å². The maximum absolute atomic E-state index is 11.9. The van der Waals surface area contributed by atoms with Gasteiger partial charge in [0.1, 0.15) is 4.88 Å². The predicted molar refractivity (Wildman–Crippen MR) is 88.0 cm³/mol. The molecule has 0 atom stereocenters. The summed E-state index contributed by atoms with van der Waals surface area (Å²) in [5.41, 5.74) is 0.887. The van der Waals surface area contributed by atoms with Gasteiger partial charge >= 0.3 is 5.97 Å². The van der Waals surface area contributed by atoms with Gasteiger partial charge < -0.3 is 14.6 Å². The van der Waals surface area contributed by atoms with Crippen molar-refractivity contribution in [1.29, 1.82) is 0 Å². The summed E-state index contributed by atoms with van der Waals surface area (Å²) in [4.78, 5) is 31.8. The smallest absolute Gasteiger partial charge is 0.349 e. The topological polar surface area (TPSA) is 107 Å². The van der Waals surface area contributed by atoms with Crippen LogP contribution in [0.4, 0.5) is 5.13 Å². The van der Waals surface area contributed by atoms with E-state index in [0.717, 1.165) is 16.9 Å². The fourth-order valence-electron chi connectivity index (χ4n) is 1.79. The third-order valence-electron chi connectivity index (χ3n) is 2.95. The zero-order valence-electron chi connectivity index (χ0n) is 12.5. The molecule has 3 aromatic rings. The predicted octanol–water partition coefficient (Wildman–Crippen LogP) is 2.61. The normalized spacial score (nSPS) is 10.5. The number of aryl methyl sites for hydroxylation is 1. The van der Waals surface area contributed by atoms with Crippen LogP contribution in [0.1, 0.15) is 22.0 Å². The Kier molecular flexibility index (Phi) is 4.96. The quantitative estimate of drug-likeness (QED) is 0.670. The Morgan fingerprint density at radius 2 is 2.29 bits per heavy atom. The number of esters is 1. The highest BCUT2D eigenvalue weighted by molar-refractivity contribution is 7.17.